The third-order valence-electron chi connectivity index (χ3n) is 3.29. The van der Waals surface area contributed by atoms with Gasteiger partial charge in [0.2, 0.25) is 5.91 Å². The molecule has 0 bridgehead atoms. The molecule has 7 heteroatoms. The fourth-order valence-corrected chi connectivity index (χ4v) is 2.03. The Hall–Kier alpha value is -3.09. The maximum Gasteiger partial charge on any atom is 0.271 e. The van der Waals surface area contributed by atoms with E-state index in [-0.39, 0.29) is 12.3 Å². The first-order valence-corrected chi connectivity index (χ1v) is 7.33. The van der Waals surface area contributed by atoms with Gasteiger partial charge in [-0.1, -0.05) is 0 Å². The number of rotatable bonds is 6. The molecule has 24 heavy (non-hydrogen) atoms. The van der Waals surface area contributed by atoms with Crippen LogP contribution in [0.2, 0.25) is 0 Å². The third-order valence-corrected chi connectivity index (χ3v) is 3.29. The molecule has 2 aromatic rings. The number of benzene rings is 1. The molecule has 1 heterocycles. The van der Waals surface area contributed by atoms with Gasteiger partial charge in [-0.15, -0.1) is 0 Å². The van der Waals surface area contributed by atoms with Crippen molar-refractivity contribution in [1.82, 2.24) is 15.8 Å². The number of nitrogens with one attached hydrogen (secondary N) is 2. The lowest BCUT2D eigenvalue weighted by Crippen LogP contribution is -2.41. The van der Waals surface area contributed by atoms with Crippen LogP contribution in [0.5, 0.6) is 11.5 Å². The van der Waals surface area contributed by atoms with Gasteiger partial charge < -0.3 is 9.47 Å². The normalized spacial score (nSPS) is 9.92. The second-order valence-corrected chi connectivity index (χ2v) is 4.96. The molecule has 0 saturated heterocycles. The first kappa shape index (κ1) is 17.3. The molecule has 0 fully saturated rings. The van der Waals surface area contributed by atoms with Crippen LogP contribution in [0.1, 0.15) is 22.3 Å². The van der Waals surface area contributed by atoms with Gasteiger partial charge in [0, 0.05) is 24.9 Å². The van der Waals surface area contributed by atoms with E-state index in [1.165, 1.54) is 6.20 Å². The highest BCUT2D eigenvalue weighted by atomic mass is 16.5. The van der Waals surface area contributed by atoms with Crippen LogP contribution in [0.25, 0.3) is 0 Å². The monoisotopic (exact) mass is 329 g/mol. The van der Waals surface area contributed by atoms with Gasteiger partial charge in [0.1, 0.15) is 11.5 Å². The number of amides is 2. The maximum absolute atomic E-state index is 11.9. The van der Waals surface area contributed by atoms with Crippen LogP contribution >= 0.6 is 0 Å². The zero-order chi connectivity index (χ0) is 17.4. The van der Waals surface area contributed by atoms with Gasteiger partial charge in [-0.25, -0.2) is 0 Å². The fourth-order valence-electron chi connectivity index (χ4n) is 2.03. The smallest absolute Gasteiger partial charge is 0.271 e. The number of hydrazine groups is 1. The number of carbonyl (C=O) groups is 2. The van der Waals surface area contributed by atoms with Gasteiger partial charge in [0.15, 0.2) is 0 Å². The molecule has 0 atom stereocenters. The van der Waals surface area contributed by atoms with Gasteiger partial charge >= 0.3 is 0 Å². The molecule has 0 unspecified atom stereocenters. The van der Waals surface area contributed by atoms with E-state index in [9.17, 15) is 9.59 Å². The van der Waals surface area contributed by atoms with Crippen LogP contribution in [-0.4, -0.2) is 31.0 Å². The predicted molar refractivity (Wildman–Crippen MR) is 87.7 cm³/mol. The Morgan fingerprint density at radius 3 is 2.38 bits per heavy atom. The van der Waals surface area contributed by atoms with Crippen LogP contribution in [-0.2, 0) is 11.2 Å². The molecule has 2 N–H and O–H groups in total. The van der Waals surface area contributed by atoms with Gasteiger partial charge in [-0.05, 0) is 36.2 Å². The summed E-state index contributed by atoms with van der Waals surface area (Å²) in [4.78, 5) is 27.5. The Morgan fingerprint density at radius 2 is 1.79 bits per heavy atom. The molecule has 2 amide bonds. The SMILES string of the molecule is COc1cc(CCC(=O)NNC(=O)c2cccnc2)cc(OC)c1. The summed E-state index contributed by atoms with van der Waals surface area (Å²) in [6.45, 7) is 0. The maximum atomic E-state index is 11.9. The molecule has 0 saturated carbocycles. The zero-order valence-corrected chi connectivity index (χ0v) is 13.5. The van der Waals surface area contributed by atoms with Crippen LogP contribution < -0.4 is 20.3 Å². The first-order valence-electron chi connectivity index (χ1n) is 7.33. The highest BCUT2D eigenvalue weighted by Crippen LogP contribution is 2.23. The Labute approximate surface area is 140 Å². The van der Waals surface area contributed by atoms with Crippen molar-refractivity contribution < 1.29 is 19.1 Å². The van der Waals surface area contributed by atoms with Crippen molar-refractivity contribution in [3.8, 4) is 11.5 Å². The van der Waals surface area contributed by atoms with Crippen molar-refractivity contribution in [2.75, 3.05) is 14.2 Å². The van der Waals surface area contributed by atoms with Crippen LogP contribution in [0.15, 0.2) is 42.7 Å². The standard InChI is InChI=1S/C17H19N3O4/c1-23-14-8-12(9-15(10-14)24-2)5-6-16(21)19-20-17(22)13-4-3-7-18-11-13/h3-4,7-11H,5-6H2,1-2H3,(H,19,21)(H,20,22). The topological polar surface area (TPSA) is 89.6 Å². The second-order valence-electron chi connectivity index (χ2n) is 4.96. The summed E-state index contributed by atoms with van der Waals surface area (Å²) >= 11 is 0. The summed E-state index contributed by atoms with van der Waals surface area (Å²) in [5.74, 6) is 0.609. The molecule has 0 spiro atoms. The van der Waals surface area contributed by atoms with Crippen molar-refractivity contribution in [1.29, 1.82) is 0 Å². The van der Waals surface area contributed by atoms with Crippen LogP contribution in [0.4, 0.5) is 0 Å². The van der Waals surface area contributed by atoms with Gasteiger partial charge in [0.25, 0.3) is 5.91 Å². The first-order chi connectivity index (χ1) is 11.6. The molecule has 0 aliphatic heterocycles. The Morgan fingerprint density at radius 1 is 1.08 bits per heavy atom. The number of aryl methyl sites for hydroxylation is 1. The molecular formula is C17H19N3O4. The number of methoxy groups -OCH3 is 2. The van der Waals surface area contributed by atoms with Crippen molar-refractivity contribution >= 4 is 11.8 Å². The van der Waals surface area contributed by atoms with E-state index >= 15 is 0 Å². The molecule has 126 valence electrons. The highest BCUT2D eigenvalue weighted by molar-refractivity contribution is 5.95. The van der Waals surface area contributed by atoms with E-state index in [4.69, 9.17) is 9.47 Å². The second kappa shape index (κ2) is 8.52. The molecule has 0 radical (unpaired) electrons. The Kier molecular flexibility index (Phi) is 6.13. The summed E-state index contributed by atoms with van der Waals surface area (Å²) < 4.78 is 10.4. The summed E-state index contributed by atoms with van der Waals surface area (Å²) in [6, 6.07) is 8.69. The molecule has 1 aromatic heterocycles. The Balaban J connectivity index is 1.84. The zero-order valence-electron chi connectivity index (χ0n) is 13.5. The van der Waals surface area contributed by atoms with Gasteiger partial charge in [-0.2, -0.15) is 0 Å². The number of carbonyl (C=O) groups excluding carboxylic acids is 2. The number of nitrogens with zero attached hydrogens (tertiary/aromatic N) is 1. The lowest BCUT2D eigenvalue weighted by Gasteiger charge is -2.09. The Bertz CT molecular complexity index is 682. The molecule has 0 aliphatic carbocycles. The van der Waals surface area contributed by atoms with Crippen LogP contribution in [0, 0.1) is 0 Å². The molecule has 0 aliphatic rings. The predicted octanol–water partition coefficient (Wildman–Crippen LogP) is 1.49. The fraction of sp³-hybridized carbons (Fsp3) is 0.235. The molecule has 1 aromatic carbocycles. The summed E-state index contributed by atoms with van der Waals surface area (Å²) in [5, 5.41) is 0. The van der Waals surface area contributed by atoms with E-state index < -0.39 is 5.91 Å². The quantitative estimate of drug-likeness (QED) is 0.784. The lowest BCUT2D eigenvalue weighted by atomic mass is 10.1. The summed E-state index contributed by atoms with van der Waals surface area (Å²) in [7, 11) is 3.14. The van der Waals surface area contributed by atoms with Gasteiger partial charge in [-0.3, -0.25) is 25.4 Å². The van der Waals surface area contributed by atoms with Crippen molar-refractivity contribution in [3.05, 3.63) is 53.9 Å². The average molecular weight is 329 g/mol. The largest absolute Gasteiger partial charge is 0.497 e. The molecule has 2 rings (SSSR count). The summed E-state index contributed by atoms with van der Waals surface area (Å²) in [5.41, 5.74) is 6.01. The van der Waals surface area contributed by atoms with Crippen LogP contribution in [0.3, 0.4) is 0 Å². The third kappa shape index (κ3) is 4.98. The number of hydrogen-bond donors (Lipinski definition) is 2. The number of pyridine rings is 1. The van der Waals surface area contributed by atoms with Gasteiger partial charge in [0.05, 0.1) is 19.8 Å². The van der Waals surface area contributed by atoms with E-state index in [1.54, 1.807) is 38.6 Å². The average Bonchev–Trinajstić information content (AvgIpc) is 2.64. The number of hydrogen-bond acceptors (Lipinski definition) is 5. The van der Waals surface area contributed by atoms with Crippen molar-refractivity contribution in [3.63, 3.8) is 0 Å². The van der Waals surface area contributed by atoms with Crippen molar-refractivity contribution in [2.24, 2.45) is 0 Å². The van der Waals surface area contributed by atoms with E-state index in [0.29, 0.717) is 23.5 Å². The molecule has 7 nitrogen and oxygen atoms in total. The number of aromatic nitrogens is 1. The summed E-state index contributed by atoms with van der Waals surface area (Å²) in [6.07, 6.45) is 3.69. The van der Waals surface area contributed by atoms with E-state index in [2.05, 4.69) is 15.8 Å². The highest BCUT2D eigenvalue weighted by Gasteiger charge is 2.08. The van der Waals surface area contributed by atoms with E-state index in [0.717, 1.165) is 5.56 Å². The minimum absolute atomic E-state index is 0.212. The minimum Gasteiger partial charge on any atom is -0.497 e. The minimum atomic E-state index is -0.417. The lowest BCUT2D eigenvalue weighted by molar-refractivity contribution is -0.121. The van der Waals surface area contributed by atoms with E-state index in [1.807, 2.05) is 12.1 Å². The van der Waals surface area contributed by atoms with Crippen molar-refractivity contribution in [2.45, 2.75) is 12.8 Å². The molecular weight excluding hydrogens is 310 g/mol. The number of ether oxygens (including phenoxy) is 2.